The summed E-state index contributed by atoms with van der Waals surface area (Å²) in [6.45, 7) is 4.07. The zero-order valence-corrected chi connectivity index (χ0v) is 12.5. The predicted molar refractivity (Wildman–Crippen MR) is 77.5 cm³/mol. The van der Waals surface area contributed by atoms with Crippen LogP contribution in [-0.2, 0) is 13.5 Å². The molecule has 0 aliphatic carbocycles. The van der Waals surface area contributed by atoms with Crippen molar-refractivity contribution >= 4 is 15.9 Å². The molecule has 0 bridgehead atoms. The van der Waals surface area contributed by atoms with Crippen LogP contribution in [0.4, 0.5) is 0 Å². The SMILES string of the molecule is Cc1ccc(C(N)Cc2c(Br)c(C)nn2C)cc1. The Morgan fingerprint density at radius 3 is 2.39 bits per heavy atom. The van der Waals surface area contributed by atoms with E-state index in [1.165, 1.54) is 5.56 Å². The molecule has 0 fully saturated rings. The number of benzene rings is 1. The van der Waals surface area contributed by atoms with Gasteiger partial charge in [-0.15, -0.1) is 0 Å². The number of nitrogens with zero attached hydrogens (tertiary/aromatic N) is 2. The lowest BCUT2D eigenvalue weighted by atomic mass is 10.0. The van der Waals surface area contributed by atoms with Gasteiger partial charge in [0.1, 0.15) is 0 Å². The Morgan fingerprint density at radius 2 is 1.89 bits per heavy atom. The summed E-state index contributed by atoms with van der Waals surface area (Å²) in [4.78, 5) is 0. The van der Waals surface area contributed by atoms with Crippen LogP contribution in [-0.4, -0.2) is 9.78 Å². The second-order valence-electron chi connectivity index (χ2n) is 4.69. The molecule has 0 saturated carbocycles. The molecule has 0 radical (unpaired) electrons. The third-order valence-corrected chi connectivity index (χ3v) is 4.21. The second kappa shape index (κ2) is 5.24. The normalized spacial score (nSPS) is 12.7. The van der Waals surface area contributed by atoms with Gasteiger partial charge in [-0.25, -0.2) is 0 Å². The summed E-state index contributed by atoms with van der Waals surface area (Å²) in [5.74, 6) is 0. The number of hydrogen-bond acceptors (Lipinski definition) is 2. The van der Waals surface area contributed by atoms with Crippen molar-refractivity contribution in [2.45, 2.75) is 26.3 Å². The van der Waals surface area contributed by atoms with E-state index in [1.54, 1.807) is 0 Å². The van der Waals surface area contributed by atoms with Gasteiger partial charge < -0.3 is 5.73 Å². The van der Waals surface area contributed by atoms with Gasteiger partial charge in [-0.1, -0.05) is 29.8 Å². The Hall–Kier alpha value is -1.13. The van der Waals surface area contributed by atoms with E-state index in [-0.39, 0.29) is 6.04 Å². The van der Waals surface area contributed by atoms with Gasteiger partial charge in [-0.3, -0.25) is 4.68 Å². The van der Waals surface area contributed by atoms with Crippen LogP contribution >= 0.6 is 15.9 Å². The number of hydrogen-bond donors (Lipinski definition) is 1. The van der Waals surface area contributed by atoms with E-state index in [0.717, 1.165) is 27.8 Å². The van der Waals surface area contributed by atoms with Crippen LogP contribution in [0.25, 0.3) is 0 Å². The van der Waals surface area contributed by atoms with Crippen LogP contribution in [0.3, 0.4) is 0 Å². The zero-order chi connectivity index (χ0) is 13.3. The first-order valence-electron chi connectivity index (χ1n) is 5.99. The van der Waals surface area contributed by atoms with Gasteiger partial charge in [0, 0.05) is 19.5 Å². The molecule has 0 saturated heterocycles. The van der Waals surface area contributed by atoms with E-state index in [0.29, 0.717) is 0 Å². The average Bonchev–Trinajstić information content (AvgIpc) is 2.57. The summed E-state index contributed by atoms with van der Waals surface area (Å²) < 4.78 is 2.96. The third-order valence-electron chi connectivity index (χ3n) is 3.18. The molecular weight excluding hydrogens is 290 g/mol. The molecule has 4 heteroatoms. The number of aromatic nitrogens is 2. The van der Waals surface area contributed by atoms with Gasteiger partial charge in [0.25, 0.3) is 0 Å². The molecule has 2 N–H and O–H groups in total. The highest BCUT2D eigenvalue weighted by Crippen LogP contribution is 2.25. The van der Waals surface area contributed by atoms with Crippen molar-refractivity contribution in [2.24, 2.45) is 12.8 Å². The maximum Gasteiger partial charge on any atom is 0.0738 e. The minimum Gasteiger partial charge on any atom is -0.324 e. The molecule has 0 aliphatic heterocycles. The van der Waals surface area contributed by atoms with Crippen molar-refractivity contribution in [3.63, 3.8) is 0 Å². The summed E-state index contributed by atoms with van der Waals surface area (Å²) in [5, 5.41) is 4.39. The number of nitrogens with two attached hydrogens (primary N) is 1. The fourth-order valence-electron chi connectivity index (χ4n) is 2.04. The second-order valence-corrected chi connectivity index (χ2v) is 5.48. The van der Waals surface area contributed by atoms with E-state index in [2.05, 4.69) is 52.2 Å². The van der Waals surface area contributed by atoms with Crippen LogP contribution in [0.1, 0.15) is 28.6 Å². The molecule has 0 amide bonds. The largest absolute Gasteiger partial charge is 0.324 e. The van der Waals surface area contributed by atoms with Crippen LogP contribution in [0, 0.1) is 13.8 Å². The van der Waals surface area contributed by atoms with Crippen molar-refractivity contribution in [2.75, 3.05) is 0 Å². The third kappa shape index (κ3) is 2.65. The van der Waals surface area contributed by atoms with Gasteiger partial charge in [0.2, 0.25) is 0 Å². The Balaban J connectivity index is 2.21. The quantitative estimate of drug-likeness (QED) is 0.947. The number of rotatable bonds is 3. The molecule has 1 aromatic carbocycles. The van der Waals surface area contributed by atoms with Gasteiger partial charge in [-0.2, -0.15) is 5.10 Å². The van der Waals surface area contributed by atoms with Crippen molar-refractivity contribution in [3.05, 3.63) is 51.3 Å². The van der Waals surface area contributed by atoms with Gasteiger partial charge in [0.05, 0.1) is 15.9 Å². The van der Waals surface area contributed by atoms with Crippen LogP contribution in [0.5, 0.6) is 0 Å². The molecule has 3 nitrogen and oxygen atoms in total. The van der Waals surface area contributed by atoms with Crippen LogP contribution < -0.4 is 5.73 Å². The lowest BCUT2D eigenvalue weighted by Crippen LogP contribution is -2.15. The minimum absolute atomic E-state index is 0.00306. The minimum atomic E-state index is -0.00306. The molecule has 2 rings (SSSR count). The fraction of sp³-hybridized carbons (Fsp3) is 0.357. The van der Waals surface area contributed by atoms with Crippen molar-refractivity contribution in [1.82, 2.24) is 9.78 Å². The molecular formula is C14H18BrN3. The maximum atomic E-state index is 6.26. The van der Waals surface area contributed by atoms with Crippen LogP contribution in [0.2, 0.25) is 0 Å². The Morgan fingerprint density at radius 1 is 1.28 bits per heavy atom. The topological polar surface area (TPSA) is 43.8 Å². The first-order valence-corrected chi connectivity index (χ1v) is 6.78. The summed E-state index contributed by atoms with van der Waals surface area (Å²) in [7, 11) is 1.95. The lowest BCUT2D eigenvalue weighted by Gasteiger charge is -2.13. The highest BCUT2D eigenvalue weighted by molar-refractivity contribution is 9.10. The Bertz CT molecular complexity index is 543. The molecule has 0 aliphatic rings. The molecule has 96 valence electrons. The number of halogens is 1. The van der Waals surface area contributed by atoms with Gasteiger partial charge in [0.15, 0.2) is 0 Å². The van der Waals surface area contributed by atoms with Gasteiger partial charge >= 0.3 is 0 Å². The Labute approximate surface area is 116 Å². The first-order chi connectivity index (χ1) is 8.49. The van der Waals surface area contributed by atoms with Crippen molar-refractivity contribution in [3.8, 4) is 0 Å². The lowest BCUT2D eigenvalue weighted by molar-refractivity contribution is 0.638. The molecule has 18 heavy (non-hydrogen) atoms. The smallest absolute Gasteiger partial charge is 0.0738 e. The molecule has 1 heterocycles. The average molecular weight is 308 g/mol. The van der Waals surface area contributed by atoms with Crippen LogP contribution in [0.15, 0.2) is 28.7 Å². The molecule has 1 aromatic heterocycles. The van der Waals surface area contributed by atoms with E-state index >= 15 is 0 Å². The fourth-order valence-corrected chi connectivity index (χ4v) is 2.54. The summed E-state index contributed by atoms with van der Waals surface area (Å²) in [5.41, 5.74) is 10.8. The summed E-state index contributed by atoms with van der Waals surface area (Å²) in [6, 6.07) is 8.38. The zero-order valence-electron chi connectivity index (χ0n) is 10.9. The first kappa shape index (κ1) is 13.3. The van der Waals surface area contributed by atoms with E-state index in [1.807, 2.05) is 18.7 Å². The Kier molecular flexibility index (Phi) is 3.88. The molecule has 0 spiro atoms. The van der Waals surface area contributed by atoms with E-state index in [4.69, 9.17) is 5.73 Å². The molecule has 1 unspecified atom stereocenters. The monoisotopic (exact) mass is 307 g/mol. The molecule has 2 aromatic rings. The summed E-state index contributed by atoms with van der Waals surface area (Å²) >= 11 is 3.57. The standard InChI is InChI=1S/C14H18BrN3/c1-9-4-6-11(7-5-9)12(16)8-13-14(15)10(2)17-18(13)3/h4-7,12H,8,16H2,1-3H3. The highest BCUT2D eigenvalue weighted by atomic mass is 79.9. The predicted octanol–water partition coefficient (Wildman–Crippen LogP) is 3.04. The molecule has 1 atom stereocenters. The van der Waals surface area contributed by atoms with Crippen molar-refractivity contribution in [1.29, 1.82) is 0 Å². The van der Waals surface area contributed by atoms with Gasteiger partial charge in [-0.05, 0) is 35.3 Å². The maximum absolute atomic E-state index is 6.26. The highest BCUT2D eigenvalue weighted by Gasteiger charge is 2.15. The van der Waals surface area contributed by atoms with Crippen molar-refractivity contribution < 1.29 is 0 Å². The van der Waals surface area contributed by atoms with E-state index < -0.39 is 0 Å². The summed E-state index contributed by atoms with van der Waals surface area (Å²) in [6.07, 6.45) is 0.779. The van der Waals surface area contributed by atoms with E-state index in [9.17, 15) is 0 Å². The number of aryl methyl sites for hydroxylation is 3.